The Morgan fingerprint density at radius 1 is 1.47 bits per heavy atom. The Labute approximate surface area is 87.8 Å². The Morgan fingerprint density at radius 3 is 2.60 bits per heavy atom. The second kappa shape index (κ2) is 4.71. The van der Waals surface area contributed by atoms with Crippen LogP contribution in [0.2, 0.25) is 0 Å². The molecule has 0 saturated carbocycles. The van der Waals surface area contributed by atoms with Crippen molar-refractivity contribution in [1.82, 2.24) is 14.8 Å². The Kier molecular flexibility index (Phi) is 3.80. The quantitative estimate of drug-likeness (QED) is 0.631. The molecule has 0 aliphatic heterocycles. The molecule has 0 aliphatic carbocycles. The number of hydrogen-bond acceptors (Lipinski definition) is 5. The number of rotatable bonds is 4. The summed E-state index contributed by atoms with van der Waals surface area (Å²) in [6.45, 7) is -0.430. The van der Waals surface area contributed by atoms with Gasteiger partial charge in [0.1, 0.15) is 0 Å². The van der Waals surface area contributed by atoms with Crippen LogP contribution in [0.4, 0.5) is 19.1 Å². The molecule has 0 atom stereocenters. The van der Waals surface area contributed by atoms with Gasteiger partial charge in [0.2, 0.25) is 5.95 Å². The van der Waals surface area contributed by atoms with Gasteiger partial charge in [-0.3, -0.25) is 9.30 Å². The molecule has 2 N–H and O–H groups in total. The highest BCUT2D eigenvalue weighted by atomic mass is 32.2. The second-order valence-electron chi connectivity index (χ2n) is 2.54. The molecule has 5 nitrogen and oxygen atoms in total. The van der Waals surface area contributed by atoms with Gasteiger partial charge >= 0.3 is 6.36 Å². The van der Waals surface area contributed by atoms with Gasteiger partial charge in [-0.05, 0) is 0 Å². The van der Waals surface area contributed by atoms with Crippen molar-refractivity contribution in [1.29, 1.82) is 0 Å². The van der Waals surface area contributed by atoms with E-state index in [1.165, 1.54) is 4.57 Å². The molecule has 0 amide bonds. The number of anilines is 1. The fourth-order valence-corrected chi connectivity index (χ4v) is 1.48. The highest BCUT2D eigenvalue weighted by Gasteiger charge is 2.28. The monoisotopic (exact) mass is 242 g/mol. The molecule has 0 saturated heterocycles. The molecule has 15 heavy (non-hydrogen) atoms. The van der Waals surface area contributed by atoms with E-state index < -0.39 is 13.0 Å². The lowest BCUT2D eigenvalue weighted by molar-refractivity contribution is -0.322. The predicted molar refractivity (Wildman–Crippen MR) is 48.1 cm³/mol. The Balaban J connectivity index is 2.30. The van der Waals surface area contributed by atoms with Crippen molar-refractivity contribution in [3.63, 3.8) is 0 Å². The smallest absolute Gasteiger partial charge is 0.368 e. The number of halogens is 3. The first-order valence-corrected chi connectivity index (χ1v) is 4.87. The Morgan fingerprint density at radius 2 is 2.13 bits per heavy atom. The maximum Gasteiger partial charge on any atom is 0.522 e. The largest absolute Gasteiger partial charge is 0.522 e. The summed E-state index contributed by atoms with van der Waals surface area (Å²) >= 11 is 1.09. The first-order valence-electron chi connectivity index (χ1n) is 3.88. The van der Waals surface area contributed by atoms with E-state index in [-0.39, 0.29) is 11.7 Å². The summed E-state index contributed by atoms with van der Waals surface area (Å²) in [5.41, 5.74) is 5.38. The standard InChI is InChI=1S/C6H9F3N4OS/c1-13-4(10)11-12-5(13)15-3-2-14-6(7,8)9/h2-3H2,1H3,(H2,10,11). The van der Waals surface area contributed by atoms with E-state index in [0.717, 1.165) is 11.8 Å². The highest BCUT2D eigenvalue weighted by Crippen LogP contribution is 2.19. The van der Waals surface area contributed by atoms with Crippen LogP contribution in [0.3, 0.4) is 0 Å². The lowest BCUT2D eigenvalue weighted by Crippen LogP contribution is -2.15. The third-order valence-corrected chi connectivity index (χ3v) is 2.43. The van der Waals surface area contributed by atoms with Crippen molar-refractivity contribution in [2.75, 3.05) is 18.1 Å². The number of thioether (sulfide) groups is 1. The number of aromatic nitrogens is 3. The zero-order valence-electron chi connectivity index (χ0n) is 7.78. The summed E-state index contributed by atoms with van der Waals surface area (Å²) in [7, 11) is 1.63. The normalized spacial score (nSPS) is 12.0. The molecule has 0 aliphatic rings. The number of alkyl halides is 3. The van der Waals surface area contributed by atoms with Gasteiger partial charge in [0, 0.05) is 12.8 Å². The van der Waals surface area contributed by atoms with Gasteiger partial charge in [-0.2, -0.15) is 0 Å². The molecule has 0 bridgehead atoms. The van der Waals surface area contributed by atoms with Crippen molar-refractivity contribution >= 4 is 17.7 Å². The van der Waals surface area contributed by atoms with E-state index in [9.17, 15) is 13.2 Å². The molecule has 0 spiro atoms. The zero-order chi connectivity index (χ0) is 11.5. The fraction of sp³-hybridized carbons (Fsp3) is 0.667. The van der Waals surface area contributed by atoms with E-state index in [4.69, 9.17) is 5.73 Å². The maximum absolute atomic E-state index is 11.6. The average Bonchev–Trinajstić information content (AvgIpc) is 2.42. The van der Waals surface area contributed by atoms with E-state index in [0.29, 0.717) is 5.16 Å². The van der Waals surface area contributed by atoms with Gasteiger partial charge in [0.15, 0.2) is 5.16 Å². The fourth-order valence-electron chi connectivity index (χ4n) is 0.742. The molecule has 9 heteroatoms. The summed E-state index contributed by atoms with van der Waals surface area (Å²) in [5, 5.41) is 7.67. The SMILES string of the molecule is Cn1c(N)nnc1SCCOC(F)(F)F. The number of ether oxygens (including phenoxy) is 1. The molecular formula is C6H9F3N4OS. The summed E-state index contributed by atoms with van der Waals surface area (Å²) in [4.78, 5) is 0. The summed E-state index contributed by atoms with van der Waals surface area (Å²) in [6.07, 6.45) is -4.58. The molecule has 1 heterocycles. The van der Waals surface area contributed by atoms with Gasteiger partial charge < -0.3 is 5.73 Å². The predicted octanol–water partition coefficient (Wildman–Crippen LogP) is 1.03. The van der Waals surface area contributed by atoms with Crippen LogP contribution in [-0.4, -0.2) is 33.5 Å². The molecule has 1 rings (SSSR count). The summed E-state index contributed by atoms with van der Waals surface area (Å²) < 4.78 is 39.8. The van der Waals surface area contributed by atoms with Crippen molar-refractivity contribution < 1.29 is 17.9 Å². The lowest BCUT2D eigenvalue weighted by atomic mass is 10.9. The van der Waals surface area contributed by atoms with Crippen molar-refractivity contribution in [2.45, 2.75) is 11.5 Å². The summed E-state index contributed by atoms with van der Waals surface area (Å²) in [6, 6.07) is 0. The number of nitrogen functional groups attached to an aromatic ring is 1. The van der Waals surface area contributed by atoms with Crippen molar-refractivity contribution in [3.05, 3.63) is 0 Å². The summed E-state index contributed by atoms with van der Waals surface area (Å²) in [5.74, 6) is 0.347. The van der Waals surface area contributed by atoms with Crippen LogP contribution in [-0.2, 0) is 11.8 Å². The first-order chi connectivity index (χ1) is 6.90. The molecule has 0 aromatic carbocycles. The van der Waals surface area contributed by atoms with E-state index >= 15 is 0 Å². The van der Waals surface area contributed by atoms with Gasteiger partial charge in [-0.15, -0.1) is 23.4 Å². The van der Waals surface area contributed by atoms with Crippen LogP contribution in [0, 0.1) is 0 Å². The van der Waals surface area contributed by atoms with Crippen LogP contribution in [0.5, 0.6) is 0 Å². The van der Waals surface area contributed by atoms with Gasteiger partial charge in [0.05, 0.1) is 6.61 Å². The van der Waals surface area contributed by atoms with Crippen LogP contribution in [0.15, 0.2) is 5.16 Å². The maximum atomic E-state index is 11.6. The van der Waals surface area contributed by atoms with Crippen LogP contribution < -0.4 is 5.73 Å². The van der Waals surface area contributed by atoms with E-state index in [1.807, 2.05) is 0 Å². The van der Waals surface area contributed by atoms with Crippen LogP contribution in [0.25, 0.3) is 0 Å². The van der Waals surface area contributed by atoms with Crippen LogP contribution >= 0.6 is 11.8 Å². The number of nitrogens with zero attached hydrogens (tertiary/aromatic N) is 3. The van der Waals surface area contributed by atoms with E-state index in [1.54, 1.807) is 7.05 Å². The topological polar surface area (TPSA) is 66.0 Å². The molecule has 0 fully saturated rings. The first kappa shape index (κ1) is 12.1. The van der Waals surface area contributed by atoms with Gasteiger partial charge in [-0.25, -0.2) is 0 Å². The number of hydrogen-bond donors (Lipinski definition) is 1. The molecule has 0 unspecified atom stereocenters. The third-order valence-electron chi connectivity index (χ3n) is 1.45. The van der Waals surface area contributed by atoms with Crippen molar-refractivity contribution in [2.24, 2.45) is 7.05 Å². The Hall–Kier alpha value is -0.960. The molecule has 1 aromatic heterocycles. The van der Waals surface area contributed by atoms with Crippen LogP contribution in [0.1, 0.15) is 0 Å². The minimum atomic E-state index is -4.58. The minimum Gasteiger partial charge on any atom is -0.368 e. The van der Waals surface area contributed by atoms with Gasteiger partial charge in [-0.1, -0.05) is 11.8 Å². The molecule has 0 radical (unpaired) electrons. The third kappa shape index (κ3) is 3.96. The molecular weight excluding hydrogens is 233 g/mol. The molecule has 1 aromatic rings. The minimum absolute atomic E-state index is 0.130. The molecule has 86 valence electrons. The number of nitrogens with two attached hydrogens (primary N) is 1. The van der Waals surface area contributed by atoms with Crippen molar-refractivity contribution in [3.8, 4) is 0 Å². The lowest BCUT2D eigenvalue weighted by Gasteiger charge is -2.06. The Bertz CT molecular complexity index is 327. The average molecular weight is 242 g/mol. The van der Waals surface area contributed by atoms with Gasteiger partial charge in [0.25, 0.3) is 0 Å². The zero-order valence-corrected chi connectivity index (χ0v) is 8.60. The van der Waals surface area contributed by atoms with E-state index in [2.05, 4.69) is 14.9 Å². The second-order valence-corrected chi connectivity index (χ2v) is 3.60. The highest BCUT2D eigenvalue weighted by molar-refractivity contribution is 7.99.